The topological polar surface area (TPSA) is 72.2 Å². The Morgan fingerprint density at radius 3 is 2.21 bits per heavy atom. The summed E-state index contributed by atoms with van der Waals surface area (Å²) in [4.78, 5) is 26.2. The van der Waals surface area contributed by atoms with Crippen molar-refractivity contribution in [3.05, 3.63) is 51.4 Å². The largest absolute Gasteiger partial charge is 0.365 e. The third-order valence-electron chi connectivity index (χ3n) is 5.98. The zero-order chi connectivity index (χ0) is 21.6. The first kappa shape index (κ1) is 21.6. The Morgan fingerprint density at radius 2 is 1.69 bits per heavy atom. The van der Waals surface area contributed by atoms with Gasteiger partial charge in [0.15, 0.2) is 0 Å². The highest BCUT2D eigenvalue weighted by Gasteiger charge is 2.33. The summed E-state index contributed by atoms with van der Waals surface area (Å²) in [6.07, 6.45) is 2.80. The van der Waals surface area contributed by atoms with Gasteiger partial charge in [0.2, 0.25) is 0 Å². The van der Waals surface area contributed by atoms with Crippen LogP contribution in [0.1, 0.15) is 84.7 Å². The zero-order valence-electron chi connectivity index (χ0n) is 18.3. The van der Waals surface area contributed by atoms with E-state index in [1.807, 2.05) is 24.3 Å². The summed E-state index contributed by atoms with van der Waals surface area (Å²) < 4.78 is 0. The molecule has 2 aromatic rings. The molecule has 3 N–H and O–H groups in total. The first-order valence-corrected chi connectivity index (χ1v) is 11.1. The summed E-state index contributed by atoms with van der Waals surface area (Å²) >= 11 is 1.51. The molecule has 1 aromatic heterocycles. The van der Waals surface area contributed by atoms with Gasteiger partial charge in [0.25, 0.3) is 11.8 Å². The quantitative estimate of drug-likeness (QED) is 0.694. The predicted molar refractivity (Wildman–Crippen MR) is 121 cm³/mol. The summed E-state index contributed by atoms with van der Waals surface area (Å²) in [6.45, 7) is 13.2. The Bertz CT molecular complexity index is 928. The van der Waals surface area contributed by atoms with Gasteiger partial charge in [-0.1, -0.05) is 53.7 Å². The van der Waals surface area contributed by atoms with E-state index in [0.29, 0.717) is 22.0 Å². The molecule has 1 unspecified atom stereocenters. The maximum Gasteiger partial charge on any atom is 0.256 e. The fourth-order valence-corrected chi connectivity index (χ4v) is 5.30. The molecule has 0 saturated carbocycles. The van der Waals surface area contributed by atoms with Crippen molar-refractivity contribution >= 4 is 28.2 Å². The fourth-order valence-electron chi connectivity index (χ4n) is 3.97. The van der Waals surface area contributed by atoms with Gasteiger partial charge in [-0.05, 0) is 59.3 Å². The molecule has 156 valence electrons. The second-order valence-corrected chi connectivity index (χ2v) is 11.3. The van der Waals surface area contributed by atoms with Crippen molar-refractivity contribution in [2.75, 3.05) is 5.32 Å². The van der Waals surface area contributed by atoms with Crippen molar-refractivity contribution in [1.82, 2.24) is 0 Å². The second kappa shape index (κ2) is 7.60. The van der Waals surface area contributed by atoms with Crippen LogP contribution in [0, 0.1) is 11.3 Å². The van der Waals surface area contributed by atoms with E-state index < -0.39 is 5.91 Å². The average molecular weight is 413 g/mol. The number of amides is 2. The van der Waals surface area contributed by atoms with Gasteiger partial charge < -0.3 is 11.1 Å². The molecule has 3 rings (SSSR count). The number of hydrogen-bond acceptors (Lipinski definition) is 3. The van der Waals surface area contributed by atoms with E-state index in [4.69, 9.17) is 5.73 Å². The summed E-state index contributed by atoms with van der Waals surface area (Å²) in [6, 6.07) is 7.64. The van der Waals surface area contributed by atoms with Crippen molar-refractivity contribution < 1.29 is 9.59 Å². The normalized spacial score (nSPS) is 17.0. The Kier molecular flexibility index (Phi) is 5.65. The molecule has 4 nitrogen and oxygen atoms in total. The van der Waals surface area contributed by atoms with Crippen molar-refractivity contribution in [3.8, 4) is 0 Å². The Labute approximate surface area is 177 Å². The minimum Gasteiger partial charge on any atom is -0.365 e. The van der Waals surface area contributed by atoms with E-state index in [9.17, 15) is 9.59 Å². The first-order chi connectivity index (χ1) is 13.4. The van der Waals surface area contributed by atoms with E-state index in [1.165, 1.54) is 21.8 Å². The van der Waals surface area contributed by atoms with E-state index >= 15 is 0 Å². The maximum absolute atomic E-state index is 12.8. The van der Waals surface area contributed by atoms with Gasteiger partial charge in [0, 0.05) is 10.4 Å². The number of carbonyl (C=O) groups is 2. The third kappa shape index (κ3) is 4.55. The van der Waals surface area contributed by atoms with Crippen LogP contribution in [-0.2, 0) is 18.3 Å². The lowest BCUT2D eigenvalue weighted by Crippen LogP contribution is -2.27. The van der Waals surface area contributed by atoms with Crippen LogP contribution in [0.15, 0.2) is 24.3 Å². The number of benzene rings is 1. The molecule has 0 aliphatic heterocycles. The fraction of sp³-hybridized carbons (Fsp3) is 0.500. The molecular weight excluding hydrogens is 380 g/mol. The van der Waals surface area contributed by atoms with Gasteiger partial charge in [-0.25, -0.2) is 0 Å². The Balaban J connectivity index is 1.87. The van der Waals surface area contributed by atoms with Gasteiger partial charge in [-0.3, -0.25) is 9.59 Å². The Hall–Kier alpha value is -2.14. The summed E-state index contributed by atoms with van der Waals surface area (Å²) in [5.41, 5.74) is 9.22. The second-order valence-electron chi connectivity index (χ2n) is 10.2. The molecule has 5 heteroatoms. The van der Waals surface area contributed by atoms with Crippen LogP contribution in [0.3, 0.4) is 0 Å². The molecule has 2 amide bonds. The highest BCUT2D eigenvalue weighted by molar-refractivity contribution is 7.17. The monoisotopic (exact) mass is 412 g/mol. The standard InChI is InChI=1S/C24H32N2O2S/c1-23(2,3)15-9-7-14(8-10-15)21(28)26-22-19(20(25)27)17-12-11-16(24(4,5)6)13-18(17)29-22/h7-10,16H,11-13H2,1-6H3,(H2,25,27)(H,26,28). The molecule has 0 spiro atoms. The number of primary amides is 1. The van der Waals surface area contributed by atoms with Crippen LogP contribution >= 0.6 is 11.3 Å². The lowest BCUT2D eigenvalue weighted by Gasteiger charge is -2.33. The number of anilines is 1. The molecule has 1 aliphatic carbocycles. The van der Waals surface area contributed by atoms with Gasteiger partial charge >= 0.3 is 0 Å². The van der Waals surface area contributed by atoms with E-state index in [0.717, 1.165) is 24.8 Å². The van der Waals surface area contributed by atoms with Crippen LogP contribution in [0.4, 0.5) is 5.00 Å². The molecule has 0 saturated heterocycles. The van der Waals surface area contributed by atoms with Crippen molar-refractivity contribution in [1.29, 1.82) is 0 Å². The van der Waals surface area contributed by atoms with E-state index in [-0.39, 0.29) is 16.7 Å². The highest BCUT2D eigenvalue weighted by Crippen LogP contribution is 2.44. The number of carbonyl (C=O) groups excluding carboxylic acids is 2. The molecular formula is C24H32N2O2S. The average Bonchev–Trinajstić information content (AvgIpc) is 2.97. The Morgan fingerprint density at radius 1 is 1.07 bits per heavy atom. The van der Waals surface area contributed by atoms with Gasteiger partial charge in [0.05, 0.1) is 5.56 Å². The van der Waals surface area contributed by atoms with Crippen molar-refractivity contribution in [2.45, 2.75) is 66.2 Å². The molecule has 0 fully saturated rings. The van der Waals surface area contributed by atoms with Crippen LogP contribution in [0.2, 0.25) is 0 Å². The summed E-state index contributed by atoms with van der Waals surface area (Å²) in [7, 11) is 0. The number of fused-ring (bicyclic) bond motifs is 1. The smallest absolute Gasteiger partial charge is 0.256 e. The van der Waals surface area contributed by atoms with Crippen molar-refractivity contribution in [2.24, 2.45) is 17.1 Å². The zero-order valence-corrected chi connectivity index (χ0v) is 19.1. The molecule has 1 heterocycles. The first-order valence-electron chi connectivity index (χ1n) is 10.2. The van der Waals surface area contributed by atoms with E-state index in [1.54, 1.807) is 0 Å². The number of nitrogens with two attached hydrogens (primary N) is 1. The van der Waals surface area contributed by atoms with Gasteiger partial charge in [-0.2, -0.15) is 0 Å². The number of nitrogens with one attached hydrogen (secondary N) is 1. The van der Waals surface area contributed by atoms with Crippen LogP contribution in [0.5, 0.6) is 0 Å². The lowest BCUT2D eigenvalue weighted by atomic mass is 9.72. The van der Waals surface area contributed by atoms with Gasteiger partial charge in [0.1, 0.15) is 5.00 Å². The number of rotatable bonds is 3. The SMILES string of the molecule is CC(C)(C)c1ccc(C(=O)Nc2sc3c(c2C(N)=O)CCC(C(C)(C)C)C3)cc1. The number of hydrogen-bond donors (Lipinski definition) is 2. The maximum atomic E-state index is 12.8. The number of thiophene rings is 1. The summed E-state index contributed by atoms with van der Waals surface area (Å²) in [5, 5.41) is 3.54. The predicted octanol–water partition coefficient (Wildman–Crippen LogP) is 5.55. The molecule has 0 radical (unpaired) electrons. The third-order valence-corrected chi connectivity index (χ3v) is 7.15. The lowest BCUT2D eigenvalue weighted by molar-refractivity contribution is 0.1000. The van der Waals surface area contributed by atoms with E-state index in [2.05, 4.69) is 46.9 Å². The minimum absolute atomic E-state index is 0.0323. The summed E-state index contributed by atoms with van der Waals surface area (Å²) in [5.74, 6) is -0.114. The van der Waals surface area contributed by atoms with Crippen LogP contribution in [-0.4, -0.2) is 11.8 Å². The molecule has 0 bridgehead atoms. The molecule has 1 atom stereocenters. The highest BCUT2D eigenvalue weighted by atomic mass is 32.1. The molecule has 1 aliphatic rings. The molecule has 29 heavy (non-hydrogen) atoms. The van der Waals surface area contributed by atoms with Crippen LogP contribution in [0.25, 0.3) is 0 Å². The van der Waals surface area contributed by atoms with Gasteiger partial charge in [-0.15, -0.1) is 11.3 Å². The van der Waals surface area contributed by atoms with Crippen LogP contribution < -0.4 is 11.1 Å². The minimum atomic E-state index is -0.463. The molecule has 1 aromatic carbocycles. The van der Waals surface area contributed by atoms with Crippen molar-refractivity contribution in [3.63, 3.8) is 0 Å².